The number of aromatic nitrogens is 2. The highest BCUT2D eigenvalue weighted by Gasteiger charge is 2.33. The van der Waals surface area contributed by atoms with Crippen molar-refractivity contribution >= 4 is 28.2 Å². The Morgan fingerprint density at radius 3 is 2.83 bits per heavy atom. The molecule has 5 rings (SSSR count). The summed E-state index contributed by atoms with van der Waals surface area (Å²) in [7, 11) is 1.52. The monoisotopic (exact) mass is 486 g/mol. The molecule has 3 aromatic rings. The molecule has 1 unspecified atom stereocenters. The molecule has 0 spiro atoms. The number of carbonyl (C=O) groups excluding carboxylic acids is 1. The SMILES string of the molecule is C=CC(=O)N1CCN(c2nc(OC)nc3c2CCN(c2c(F)ccc4ccccc24)C3)CC1CC#N. The number of methoxy groups -OCH3 is 1. The van der Waals surface area contributed by atoms with Crippen LogP contribution >= 0.6 is 0 Å². The Morgan fingerprint density at radius 1 is 1.22 bits per heavy atom. The van der Waals surface area contributed by atoms with Crippen LogP contribution in [-0.2, 0) is 17.8 Å². The number of anilines is 2. The van der Waals surface area contributed by atoms with Gasteiger partial charge in [-0.1, -0.05) is 36.9 Å². The number of rotatable bonds is 5. The molecule has 8 nitrogen and oxygen atoms in total. The van der Waals surface area contributed by atoms with E-state index in [0.717, 1.165) is 27.8 Å². The lowest BCUT2D eigenvalue weighted by molar-refractivity contribution is -0.128. The summed E-state index contributed by atoms with van der Waals surface area (Å²) in [5, 5.41) is 11.2. The fraction of sp³-hybridized carbons (Fsp3) is 0.333. The van der Waals surface area contributed by atoms with Crippen LogP contribution in [0.3, 0.4) is 0 Å². The van der Waals surface area contributed by atoms with Crippen LogP contribution in [-0.4, -0.2) is 60.1 Å². The zero-order chi connectivity index (χ0) is 25.2. The lowest BCUT2D eigenvalue weighted by Gasteiger charge is -2.42. The van der Waals surface area contributed by atoms with Gasteiger partial charge in [0.2, 0.25) is 5.91 Å². The molecule has 0 N–H and O–H groups in total. The van der Waals surface area contributed by atoms with Crippen LogP contribution in [0.15, 0.2) is 49.1 Å². The van der Waals surface area contributed by atoms with E-state index in [1.54, 1.807) is 11.0 Å². The molecule has 36 heavy (non-hydrogen) atoms. The van der Waals surface area contributed by atoms with Gasteiger partial charge < -0.3 is 19.4 Å². The number of nitrogens with zero attached hydrogens (tertiary/aromatic N) is 6. The molecule has 1 aromatic heterocycles. The number of carbonyl (C=O) groups is 1. The molecule has 0 bridgehead atoms. The van der Waals surface area contributed by atoms with Crippen molar-refractivity contribution in [2.24, 2.45) is 0 Å². The van der Waals surface area contributed by atoms with Crippen molar-refractivity contribution in [1.82, 2.24) is 14.9 Å². The van der Waals surface area contributed by atoms with Gasteiger partial charge in [0.1, 0.15) is 11.6 Å². The minimum Gasteiger partial charge on any atom is -0.467 e. The van der Waals surface area contributed by atoms with Crippen molar-refractivity contribution in [3.8, 4) is 12.1 Å². The van der Waals surface area contributed by atoms with Crippen molar-refractivity contribution in [1.29, 1.82) is 5.26 Å². The number of hydrogen-bond acceptors (Lipinski definition) is 7. The highest BCUT2D eigenvalue weighted by Crippen LogP contribution is 2.36. The summed E-state index contributed by atoms with van der Waals surface area (Å²) in [6.45, 7) is 6.12. The van der Waals surface area contributed by atoms with E-state index in [1.807, 2.05) is 29.2 Å². The first-order valence-corrected chi connectivity index (χ1v) is 11.9. The molecule has 0 aliphatic carbocycles. The van der Waals surface area contributed by atoms with Crippen LogP contribution in [0.5, 0.6) is 6.01 Å². The number of amides is 1. The smallest absolute Gasteiger partial charge is 0.318 e. The molecule has 9 heteroatoms. The number of fused-ring (bicyclic) bond motifs is 2. The van der Waals surface area contributed by atoms with Gasteiger partial charge >= 0.3 is 6.01 Å². The van der Waals surface area contributed by atoms with E-state index in [9.17, 15) is 10.1 Å². The topological polar surface area (TPSA) is 85.6 Å². The van der Waals surface area contributed by atoms with E-state index in [1.165, 1.54) is 19.3 Å². The molecule has 2 aliphatic heterocycles. The van der Waals surface area contributed by atoms with Gasteiger partial charge in [0.25, 0.3) is 0 Å². The van der Waals surface area contributed by atoms with Crippen molar-refractivity contribution in [3.63, 3.8) is 0 Å². The number of halogens is 1. The summed E-state index contributed by atoms with van der Waals surface area (Å²) in [5.41, 5.74) is 2.35. The largest absolute Gasteiger partial charge is 0.467 e. The Bertz CT molecular complexity index is 1370. The maximum Gasteiger partial charge on any atom is 0.318 e. The lowest BCUT2D eigenvalue weighted by Crippen LogP contribution is -2.55. The van der Waals surface area contributed by atoms with Gasteiger partial charge in [-0.3, -0.25) is 4.79 Å². The standard InChI is InChI=1S/C27H27FN6O2/c1-3-24(35)34-15-14-33(16-19(34)10-12-29)26-21-11-13-32(17-23(21)30-27(31-26)36-2)25-20-7-5-4-6-18(20)8-9-22(25)28/h3-9,19H,1,10-11,13-17H2,2H3. The van der Waals surface area contributed by atoms with E-state index in [0.29, 0.717) is 44.8 Å². The van der Waals surface area contributed by atoms with Crippen LogP contribution < -0.4 is 14.5 Å². The molecule has 0 saturated carbocycles. The first-order valence-electron chi connectivity index (χ1n) is 11.9. The molecule has 1 amide bonds. The quantitative estimate of drug-likeness (QED) is 0.511. The van der Waals surface area contributed by atoms with E-state index >= 15 is 4.39 Å². The highest BCUT2D eigenvalue weighted by molar-refractivity contribution is 5.94. The zero-order valence-electron chi connectivity index (χ0n) is 20.2. The van der Waals surface area contributed by atoms with Crippen LogP contribution in [0.1, 0.15) is 17.7 Å². The molecular weight excluding hydrogens is 459 g/mol. The average molecular weight is 487 g/mol. The Hall–Kier alpha value is -4.19. The predicted molar refractivity (Wildman–Crippen MR) is 135 cm³/mol. The third kappa shape index (κ3) is 4.19. The molecule has 1 saturated heterocycles. The normalized spacial score (nSPS) is 17.5. The molecule has 3 heterocycles. The zero-order valence-corrected chi connectivity index (χ0v) is 20.2. The van der Waals surface area contributed by atoms with Crippen LogP contribution in [0.4, 0.5) is 15.9 Å². The Balaban J connectivity index is 1.49. The fourth-order valence-corrected chi connectivity index (χ4v) is 5.22. The van der Waals surface area contributed by atoms with Gasteiger partial charge in [-0.05, 0) is 23.9 Å². The second-order valence-corrected chi connectivity index (χ2v) is 8.95. The summed E-state index contributed by atoms with van der Waals surface area (Å²) in [4.78, 5) is 27.4. The van der Waals surface area contributed by atoms with Crippen molar-refractivity contribution in [2.45, 2.75) is 25.4 Å². The summed E-state index contributed by atoms with van der Waals surface area (Å²) in [6, 6.07) is 13.3. The maximum atomic E-state index is 15.1. The number of nitriles is 1. The number of hydrogen-bond donors (Lipinski definition) is 0. The fourth-order valence-electron chi connectivity index (χ4n) is 5.22. The summed E-state index contributed by atoms with van der Waals surface area (Å²) >= 11 is 0. The summed E-state index contributed by atoms with van der Waals surface area (Å²) in [6.07, 6.45) is 2.14. The van der Waals surface area contributed by atoms with Gasteiger partial charge in [0, 0.05) is 37.1 Å². The predicted octanol–water partition coefficient (Wildman–Crippen LogP) is 3.46. The molecule has 1 atom stereocenters. The van der Waals surface area contributed by atoms with Gasteiger partial charge in [-0.25, -0.2) is 4.39 Å². The Labute approximate surface area is 209 Å². The van der Waals surface area contributed by atoms with Gasteiger partial charge in [0.15, 0.2) is 0 Å². The number of ether oxygens (including phenoxy) is 1. The molecule has 2 aromatic carbocycles. The average Bonchev–Trinajstić information content (AvgIpc) is 2.91. The first kappa shape index (κ1) is 23.5. The second kappa shape index (κ2) is 9.82. The minimum absolute atomic E-state index is 0.176. The summed E-state index contributed by atoms with van der Waals surface area (Å²) in [5.74, 6) is 0.314. The van der Waals surface area contributed by atoms with Gasteiger partial charge in [-0.2, -0.15) is 15.2 Å². The highest BCUT2D eigenvalue weighted by atomic mass is 19.1. The number of benzene rings is 2. The van der Waals surface area contributed by atoms with E-state index in [2.05, 4.69) is 27.5 Å². The minimum atomic E-state index is -0.268. The molecular formula is C27H27FN6O2. The second-order valence-electron chi connectivity index (χ2n) is 8.95. The van der Waals surface area contributed by atoms with E-state index < -0.39 is 0 Å². The third-order valence-corrected chi connectivity index (χ3v) is 6.94. The Morgan fingerprint density at radius 2 is 2.06 bits per heavy atom. The van der Waals surface area contributed by atoms with Crippen molar-refractivity contribution < 1.29 is 13.9 Å². The van der Waals surface area contributed by atoms with Gasteiger partial charge in [-0.15, -0.1) is 0 Å². The Kier molecular flexibility index (Phi) is 6.42. The van der Waals surface area contributed by atoms with Crippen LogP contribution in [0, 0.1) is 17.1 Å². The lowest BCUT2D eigenvalue weighted by atomic mass is 10.0. The third-order valence-electron chi connectivity index (χ3n) is 6.94. The number of piperazine rings is 1. The van der Waals surface area contributed by atoms with Crippen LogP contribution in [0.2, 0.25) is 0 Å². The van der Waals surface area contributed by atoms with Crippen LogP contribution in [0.25, 0.3) is 10.8 Å². The maximum absolute atomic E-state index is 15.1. The van der Waals surface area contributed by atoms with Crippen molar-refractivity contribution in [3.05, 3.63) is 66.1 Å². The van der Waals surface area contributed by atoms with E-state index in [-0.39, 0.29) is 30.2 Å². The van der Waals surface area contributed by atoms with E-state index in [4.69, 9.17) is 4.74 Å². The van der Waals surface area contributed by atoms with Gasteiger partial charge in [0.05, 0.1) is 43.6 Å². The molecule has 184 valence electrons. The molecule has 2 aliphatic rings. The molecule has 0 radical (unpaired) electrons. The van der Waals surface area contributed by atoms with Crippen molar-refractivity contribution in [2.75, 3.05) is 43.1 Å². The summed E-state index contributed by atoms with van der Waals surface area (Å²) < 4.78 is 20.5. The first-order chi connectivity index (χ1) is 17.5. The molecule has 1 fully saturated rings.